The molecule has 0 aliphatic heterocycles. The molecule has 10 rings (SSSR count). The first-order chi connectivity index (χ1) is 25.8. The van der Waals surface area contributed by atoms with Crippen LogP contribution >= 0.6 is 0 Å². The largest absolute Gasteiger partial charge is 0.309 e. The molecule has 1 atom stereocenters. The monoisotopic (exact) mass is 661 g/mol. The van der Waals surface area contributed by atoms with Gasteiger partial charge in [0.15, 0.2) is 0 Å². The minimum atomic E-state index is 0.132. The Morgan fingerprint density at radius 2 is 0.981 bits per heavy atom. The highest BCUT2D eigenvalue weighted by atomic mass is 15.0. The Balaban J connectivity index is 1.10. The van der Waals surface area contributed by atoms with Crippen molar-refractivity contribution in [2.45, 2.75) is 5.92 Å². The Hall–Kier alpha value is -6.70. The first-order valence-corrected chi connectivity index (χ1v) is 18.0. The zero-order valence-electron chi connectivity index (χ0n) is 28.7. The van der Waals surface area contributed by atoms with Crippen molar-refractivity contribution >= 4 is 27.9 Å². The van der Waals surface area contributed by atoms with E-state index in [4.69, 9.17) is 0 Å². The fourth-order valence-corrected chi connectivity index (χ4v) is 8.15. The molecular formula is C51H35N. The van der Waals surface area contributed by atoms with Crippen LogP contribution in [0.1, 0.15) is 22.6 Å². The summed E-state index contributed by atoms with van der Waals surface area (Å²) in [6, 6.07) is 70.9. The zero-order chi connectivity index (χ0) is 34.4. The molecule has 0 saturated heterocycles. The molecule has 1 heteroatoms. The number of benzene rings is 8. The third-order valence-corrected chi connectivity index (χ3v) is 10.7. The highest BCUT2D eigenvalue weighted by molar-refractivity contribution is 6.10. The maximum atomic E-state index is 2.42. The minimum absolute atomic E-state index is 0.132. The van der Waals surface area contributed by atoms with Gasteiger partial charge >= 0.3 is 0 Å². The highest BCUT2D eigenvalue weighted by Crippen LogP contribution is 2.43. The summed E-state index contributed by atoms with van der Waals surface area (Å²) in [6.45, 7) is 0. The lowest BCUT2D eigenvalue weighted by Gasteiger charge is -2.19. The summed E-state index contributed by atoms with van der Waals surface area (Å²) >= 11 is 0. The predicted molar refractivity (Wildman–Crippen MR) is 220 cm³/mol. The van der Waals surface area contributed by atoms with Crippen LogP contribution in [-0.4, -0.2) is 4.57 Å². The van der Waals surface area contributed by atoms with Crippen LogP contribution in [0.25, 0.3) is 78.1 Å². The lowest BCUT2D eigenvalue weighted by Crippen LogP contribution is -2.00. The molecule has 1 nitrogen and oxygen atoms in total. The fourth-order valence-electron chi connectivity index (χ4n) is 8.15. The molecule has 0 N–H and O–H groups in total. The maximum Gasteiger partial charge on any atom is 0.0541 e. The van der Waals surface area contributed by atoms with Gasteiger partial charge in [-0.2, -0.15) is 0 Å². The van der Waals surface area contributed by atoms with Crippen LogP contribution in [0.4, 0.5) is 0 Å². The summed E-state index contributed by atoms with van der Waals surface area (Å²) < 4.78 is 2.41. The summed E-state index contributed by atoms with van der Waals surface area (Å²) in [7, 11) is 0. The van der Waals surface area contributed by atoms with Crippen molar-refractivity contribution < 1.29 is 0 Å². The van der Waals surface area contributed by atoms with Crippen molar-refractivity contribution in [2.24, 2.45) is 0 Å². The molecule has 0 saturated carbocycles. The van der Waals surface area contributed by atoms with Gasteiger partial charge < -0.3 is 4.57 Å². The van der Waals surface area contributed by atoms with Gasteiger partial charge in [0, 0.05) is 22.4 Å². The molecule has 1 aromatic heterocycles. The fraction of sp³-hybridized carbons (Fsp3) is 0.0196. The van der Waals surface area contributed by atoms with E-state index in [9.17, 15) is 0 Å². The topological polar surface area (TPSA) is 4.93 Å². The Kier molecular flexibility index (Phi) is 7.29. The van der Waals surface area contributed by atoms with Crippen LogP contribution in [0, 0.1) is 0 Å². The molecule has 244 valence electrons. The van der Waals surface area contributed by atoms with Gasteiger partial charge in [0.2, 0.25) is 0 Å². The quantitative estimate of drug-likeness (QED) is 0.173. The van der Waals surface area contributed by atoms with Gasteiger partial charge in [-0.15, -0.1) is 0 Å². The number of hydrogen-bond donors (Lipinski definition) is 0. The Bertz CT molecular complexity index is 2780. The second kappa shape index (κ2) is 12.6. The number of allylic oxidation sites excluding steroid dienone is 1. The molecule has 1 aliphatic rings. The first kappa shape index (κ1) is 30.2. The molecule has 52 heavy (non-hydrogen) atoms. The maximum absolute atomic E-state index is 2.42. The third kappa shape index (κ3) is 5.18. The average Bonchev–Trinajstić information content (AvgIpc) is 3.46. The Morgan fingerprint density at radius 3 is 1.81 bits per heavy atom. The summed E-state index contributed by atoms with van der Waals surface area (Å²) in [4.78, 5) is 0. The van der Waals surface area contributed by atoms with E-state index < -0.39 is 0 Å². The lowest BCUT2D eigenvalue weighted by molar-refractivity contribution is 1.04. The van der Waals surface area contributed by atoms with Gasteiger partial charge in [-0.1, -0.05) is 170 Å². The van der Waals surface area contributed by atoms with Crippen LogP contribution in [-0.2, 0) is 0 Å². The van der Waals surface area contributed by atoms with Gasteiger partial charge in [0.1, 0.15) is 0 Å². The standard InChI is InChI=1S/C51H35N/c1-3-13-35(14-4-1)38-18-11-20-42(31-38)45-28-25-37-17-7-8-22-44(37)48-33-40(26-29-46(45)48)41-27-30-51-49(34-41)47-23-9-10-24-50(47)52(51)43-21-12-19-39(32-43)36-15-5-2-6-16-36/h1-34,45H. The van der Waals surface area contributed by atoms with Crippen LogP contribution in [0.2, 0.25) is 0 Å². The molecule has 0 amide bonds. The van der Waals surface area contributed by atoms with Crippen molar-refractivity contribution in [1.29, 1.82) is 0 Å². The molecule has 1 heterocycles. The zero-order valence-corrected chi connectivity index (χ0v) is 28.7. The minimum Gasteiger partial charge on any atom is -0.309 e. The van der Waals surface area contributed by atoms with Gasteiger partial charge in [0.05, 0.1) is 11.0 Å². The lowest BCUT2D eigenvalue weighted by atomic mass is 9.84. The van der Waals surface area contributed by atoms with Crippen molar-refractivity contribution in [3.63, 3.8) is 0 Å². The van der Waals surface area contributed by atoms with E-state index in [0.29, 0.717) is 0 Å². The van der Waals surface area contributed by atoms with Crippen molar-refractivity contribution in [1.82, 2.24) is 4.57 Å². The molecule has 0 spiro atoms. The van der Waals surface area contributed by atoms with Gasteiger partial charge in [-0.3, -0.25) is 0 Å². The van der Waals surface area contributed by atoms with E-state index in [0.717, 1.165) is 5.69 Å². The molecule has 9 aromatic rings. The number of rotatable bonds is 5. The third-order valence-electron chi connectivity index (χ3n) is 10.7. The van der Waals surface area contributed by atoms with Crippen LogP contribution < -0.4 is 0 Å². The summed E-state index contributed by atoms with van der Waals surface area (Å²) in [5, 5.41) is 2.51. The van der Waals surface area contributed by atoms with E-state index in [2.05, 4.69) is 211 Å². The second-order valence-electron chi connectivity index (χ2n) is 13.7. The van der Waals surface area contributed by atoms with Crippen molar-refractivity contribution in [2.75, 3.05) is 0 Å². The number of para-hydroxylation sites is 1. The molecule has 0 bridgehead atoms. The molecule has 1 aliphatic carbocycles. The SMILES string of the molecule is C1=CC(c2cccc(-c3ccccc3)c2)c2ccc(-c3ccc4c(c3)c3ccccc3n4-c3cccc(-c4ccccc4)c3)cc2-c2ccccc21. The number of nitrogens with zero attached hydrogens (tertiary/aromatic N) is 1. The molecular weight excluding hydrogens is 627 g/mol. The number of aromatic nitrogens is 1. The van der Waals surface area contributed by atoms with Gasteiger partial charge in [0.25, 0.3) is 0 Å². The van der Waals surface area contributed by atoms with Crippen molar-refractivity contribution in [3.8, 4) is 50.2 Å². The summed E-state index contributed by atoms with van der Waals surface area (Å²) in [6.07, 6.45) is 4.69. The van der Waals surface area contributed by atoms with Crippen LogP contribution in [0.3, 0.4) is 0 Å². The number of fused-ring (bicyclic) bond motifs is 6. The predicted octanol–water partition coefficient (Wildman–Crippen LogP) is 13.6. The van der Waals surface area contributed by atoms with E-state index in [1.165, 1.54) is 83.0 Å². The van der Waals surface area contributed by atoms with E-state index >= 15 is 0 Å². The molecule has 0 fully saturated rings. The average molecular weight is 662 g/mol. The normalized spacial score (nSPS) is 13.5. The van der Waals surface area contributed by atoms with E-state index in [1.807, 2.05) is 0 Å². The van der Waals surface area contributed by atoms with E-state index in [-0.39, 0.29) is 5.92 Å². The number of hydrogen-bond acceptors (Lipinski definition) is 0. The van der Waals surface area contributed by atoms with Crippen LogP contribution in [0.15, 0.2) is 200 Å². The van der Waals surface area contributed by atoms with Crippen LogP contribution in [0.5, 0.6) is 0 Å². The second-order valence-corrected chi connectivity index (χ2v) is 13.7. The highest BCUT2D eigenvalue weighted by Gasteiger charge is 2.22. The molecule has 0 radical (unpaired) electrons. The Morgan fingerprint density at radius 1 is 0.365 bits per heavy atom. The molecule has 1 unspecified atom stereocenters. The molecule has 8 aromatic carbocycles. The van der Waals surface area contributed by atoms with Gasteiger partial charge in [-0.05, 0) is 97.6 Å². The summed E-state index contributed by atoms with van der Waals surface area (Å²) in [5.74, 6) is 0.132. The summed E-state index contributed by atoms with van der Waals surface area (Å²) in [5.41, 5.74) is 17.4. The smallest absolute Gasteiger partial charge is 0.0541 e. The first-order valence-electron chi connectivity index (χ1n) is 18.0. The Labute approximate surface area is 304 Å². The van der Waals surface area contributed by atoms with Crippen molar-refractivity contribution in [3.05, 3.63) is 217 Å². The van der Waals surface area contributed by atoms with E-state index in [1.54, 1.807) is 0 Å². The van der Waals surface area contributed by atoms with Gasteiger partial charge in [-0.25, -0.2) is 0 Å².